The number of hydrogen-bond donors (Lipinski definition) is 0. The summed E-state index contributed by atoms with van der Waals surface area (Å²) in [6.45, 7) is 0. The van der Waals surface area contributed by atoms with Crippen molar-refractivity contribution in [1.82, 2.24) is 17.9 Å². The van der Waals surface area contributed by atoms with E-state index in [1.807, 2.05) is 0 Å². The van der Waals surface area contributed by atoms with Gasteiger partial charge in [0.1, 0.15) is 22.5 Å². The Kier molecular flexibility index (Phi) is 6.10. The topological polar surface area (TPSA) is 31.8 Å². The molecule has 0 fully saturated rings. The molecule has 5 aromatic heterocycles. The summed E-state index contributed by atoms with van der Waals surface area (Å²) >= 11 is 0. The fraction of sp³-hybridized carbons (Fsp3) is 0. The van der Waals surface area contributed by atoms with Crippen molar-refractivity contribution in [3.8, 4) is 33.6 Å². The lowest BCUT2D eigenvalue weighted by atomic mass is 9.99. The average Bonchev–Trinajstić information content (AvgIpc) is 4.06. The molecule has 266 valence electrons. The van der Waals surface area contributed by atoms with Crippen molar-refractivity contribution in [3.63, 3.8) is 0 Å². The lowest BCUT2D eigenvalue weighted by Crippen LogP contribution is -1.95. The summed E-state index contributed by atoms with van der Waals surface area (Å²) < 4.78 is 16.3. The molecule has 0 aliphatic rings. The van der Waals surface area contributed by atoms with E-state index in [1.54, 1.807) is 0 Å². The Morgan fingerprint density at radius 2 is 0.667 bits per heavy atom. The maximum Gasteiger partial charge on any atom is 0.135 e. The van der Waals surface area contributed by atoms with Crippen LogP contribution in [0.4, 0.5) is 0 Å². The molecule has 0 amide bonds. The number of rotatable bonds is 4. The van der Waals surface area contributed by atoms with E-state index in [4.69, 9.17) is 4.42 Å². The van der Waals surface area contributed by atoms with E-state index in [2.05, 4.69) is 212 Å². The van der Waals surface area contributed by atoms with Gasteiger partial charge < -0.3 is 4.42 Å². The second-order valence-corrected chi connectivity index (χ2v) is 14.9. The summed E-state index contributed by atoms with van der Waals surface area (Å²) in [6.07, 6.45) is 0. The minimum absolute atomic E-state index is 0.875. The predicted octanol–water partition coefficient (Wildman–Crippen LogP) is 13.6. The number of benzene rings is 8. The van der Waals surface area contributed by atoms with Crippen molar-refractivity contribution < 1.29 is 4.42 Å². The Hall–Kier alpha value is -7.76. The molecular formula is C52H32N4O. The second kappa shape index (κ2) is 11.4. The molecular weight excluding hydrogens is 697 g/mol. The molecule has 0 spiro atoms. The van der Waals surface area contributed by atoms with Gasteiger partial charge in [0.15, 0.2) is 0 Å². The molecule has 0 saturated heterocycles. The minimum Gasteiger partial charge on any atom is -0.456 e. The summed E-state index contributed by atoms with van der Waals surface area (Å²) in [5, 5.41) is 4.62. The zero-order valence-corrected chi connectivity index (χ0v) is 30.7. The van der Waals surface area contributed by atoms with E-state index in [9.17, 15) is 0 Å². The van der Waals surface area contributed by atoms with Gasteiger partial charge in [0, 0.05) is 44.0 Å². The fourth-order valence-electron chi connectivity index (χ4n) is 9.61. The van der Waals surface area contributed by atoms with Crippen LogP contribution >= 0.6 is 0 Å². The van der Waals surface area contributed by atoms with Crippen molar-refractivity contribution in [2.45, 2.75) is 0 Å². The monoisotopic (exact) mass is 728 g/mol. The van der Waals surface area contributed by atoms with Crippen molar-refractivity contribution in [3.05, 3.63) is 194 Å². The molecule has 0 aliphatic heterocycles. The zero-order valence-electron chi connectivity index (χ0n) is 30.7. The molecule has 5 heteroatoms. The molecule has 0 atom stereocenters. The van der Waals surface area contributed by atoms with Crippen LogP contribution in [0.5, 0.6) is 0 Å². The number of fused-ring (bicyclic) bond motifs is 13. The fourth-order valence-corrected chi connectivity index (χ4v) is 9.61. The highest BCUT2D eigenvalue weighted by Crippen LogP contribution is 2.45. The number of nitrogens with zero attached hydrogens (tertiary/aromatic N) is 4. The molecule has 13 aromatic rings. The molecule has 0 unspecified atom stereocenters. The lowest BCUT2D eigenvalue weighted by molar-refractivity contribution is 0.669. The van der Waals surface area contributed by atoms with E-state index in [-0.39, 0.29) is 0 Å². The number of hydrogen-bond acceptors (Lipinski definition) is 1. The van der Waals surface area contributed by atoms with Crippen LogP contribution in [-0.4, -0.2) is 17.9 Å². The van der Waals surface area contributed by atoms with Crippen LogP contribution in [0.25, 0.3) is 111 Å². The van der Waals surface area contributed by atoms with E-state index in [0.29, 0.717) is 0 Å². The molecule has 0 radical (unpaired) electrons. The standard InChI is InChI=1S/C52H32N4O/c1-3-15-35(16-4-1)53-43-23-11-13-25-45(43)55-41-21-9-7-19-37(41)49(51(53)55)33-27-29-47-39(31-33)40-32-34(28-30-48(40)57-47)50-38-20-8-10-22-42(38)56-46-26-14-12-24-44(46)54(52(50)56)36-17-5-2-6-18-36/h1-32H. The third-order valence-electron chi connectivity index (χ3n) is 11.9. The first-order valence-electron chi connectivity index (χ1n) is 19.4. The highest BCUT2D eigenvalue weighted by atomic mass is 16.3. The highest BCUT2D eigenvalue weighted by molar-refractivity contribution is 6.15. The average molecular weight is 729 g/mol. The van der Waals surface area contributed by atoms with Crippen LogP contribution in [0, 0.1) is 0 Å². The van der Waals surface area contributed by atoms with Crippen LogP contribution in [0.1, 0.15) is 0 Å². The number of aromatic nitrogens is 4. The Morgan fingerprint density at radius 1 is 0.298 bits per heavy atom. The van der Waals surface area contributed by atoms with Crippen LogP contribution < -0.4 is 0 Å². The van der Waals surface area contributed by atoms with Gasteiger partial charge in [0.05, 0.1) is 33.1 Å². The van der Waals surface area contributed by atoms with E-state index in [0.717, 1.165) is 55.7 Å². The summed E-state index contributed by atoms with van der Waals surface area (Å²) in [5.41, 5.74) is 18.1. The van der Waals surface area contributed by atoms with Gasteiger partial charge in [0.2, 0.25) is 0 Å². The quantitative estimate of drug-likeness (QED) is 0.178. The minimum atomic E-state index is 0.875. The molecule has 0 bridgehead atoms. The van der Waals surface area contributed by atoms with Gasteiger partial charge in [-0.1, -0.05) is 109 Å². The SMILES string of the molecule is c1ccc(-n2c3ccccc3n3c4ccccc4c(-c4ccc5oc6ccc(-c7c8ccccc8n8c9ccccc9n(-c9ccccc9)c78)cc6c5c4)c23)cc1. The summed E-state index contributed by atoms with van der Waals surface area (Å²) in [4.78, 5) is 0. The molecule has 0 saturated carbocycles. The van der Waals surface area contributed by atoms with Gasteiger partial charge in [-0.05, 0) is 96.1 Å². The van der Waals surface area contributed by atoms with E-state index in [1.165, 1.54) is 55.0 Å². The van der Waals surface area contributed by atoms with Gasteiger partial charge in [-0.2, -0.15) is 0 Å². The van der Waals surface area contributed by atoms with E-state index < -0.39 is 0 Å². The van der Waals surface area contributed by atoms with Crippen LogP contribution in [0.15, 0.2) is 199 Å². The number of para-hydroxylation sites is 8. The highest BCUT2D eigenvalue weighted by Gasteiger charge is 2.25. The molecule has 57 heavy (non-hydrogen) atoms. The number of furan rings is 1. The van der Waals surface area contributed by atoms with Crippen molar-refractivity contribution in [2.24, 2.45) is 0 Å². The van der Waals surface area contributed by atoms with Crippen molar-refractivity contribution in [2.75, 3.05) is 0 Å². The van der Waals surface area contributed by atoms with Gasteiger partial charge >= 0.3 is 0 Å². The predicted molar refractivity (Wildman–Crippen MR) is 235 cm³/mol. The van der Waals surface area contributed by atoms with Crippen LogP contribution in [0.3, 0.4) is 0 Å². The third kappa shape index (κ3) is 4.12. The van der Waals surface area contributed by atoms with Crippen molar-refractivity contribution in [1.29, 1.82) is 0 Å². The zero-order chi connectivity index (χ0) is 37.2. The summed E-state index contributed by atoms with van der Waals surface area (Å²) in [5.74, 6) is 0. The van der Waals surface area contributed by atoms with Crippen LogP contribution in [0.2, 0.25) is 0 Å². The number of imidazole rings is 2. The molecule has 0 N–H and O–H groups in total. The van der Waals surface area contributed by atoms with Crippen LogP contribution in [-0.2, 0) is 0 Å². The maximum absolute atomic E-state index is 6.61. The third-order valence-corrected chi connectivity index (χ3v) is 11.9. The normalized spacial score (nSPS) is 12.2. The first-order valence-corrected chi connectivity index (χ1v) is 19.4. The lowest BCUT2D eigenvalue weighted by Gasteiger charge is -2.09. The smallest absolute Gasteiger partial charge is 0.135 e. The first-order chi connectivity index (χ1) is 28.3. The molecule has 5 heterocycles. The Bertz CT molecular complexity index is 3500. The van der Waals surface area contributed by atoms with Gasteiger partial charge in [-0.25, -0.2) is 0 Å². The van der Waals surface area contributed by atoms with Gasteiger partial charge in [-0.15, -0.1) is 0 Å². The second-order valence-electron chi connectivity index (χ2n) is 14.9. The van der Waals surface area contributed by atoms with E-state index >= 15 is 0 Å². The van der Waals surface area contributed by atoms with Gasteiger partial charge in [-0.3, -0.25) is 17.9 Å². The maximum atomic E-state index is 6.61. The Morgan fingerprint density at radius 3 is 1.11 bits per heavy atom. The summed E-state index contributed by atoms with van der Waals surface area (Å²) in [7, 11) is 0. The molecule has 0 aliphatic carbocycles. The molecule has 8 aromatic carbocycles. The van der Waals surface area contributed by atoms with Gasteiger partial charge in [0.25, 0.3) is 0 Å². The largest absolute Gasteiger partial charge is 0.456 e. The Balaban J connectivity index is 1.10. The van der Waals surface area contributed by atoms with Crippen molar-refractivity contribution >= 4 is 77.1 Å². The molecule has 13 rings (SSSR count). The first kappa shape index (κ1) is 30.6. The molecule has 5 nitrogen and oxygen atoms in total. The Labute approximate surface area is 326 Å². The summed E-state index contributed by atoms with van der Waals surface area (Å²) in [6, 6.07) is 69.9.